The quantitative estimate of drug-likeness (QED) is 0.549. The number of oxime groups is 2. The summed E-state index contributed by atoms with van der Waals surface area (Å²) in [5.74, 6) is 0. The average molecular weight is 336 g/mol. The van der Waals surface area contributed by atoms with Gasteiger partial charge in [0.05, 0.1) is 11.4 Å². The second-order valence-corrected chi connectivity index (χ2v) is 6.01. The van der Waals surface area contributed by atoms with E-state index in [0.29, 0.717) is 19.6 Å². The van der Waals surface area contributed by atoms with Crippen molar-refractivity contribution in [2.45, 2.75) is 33.1 Å². The van der Waals surface area contributed by atoms with Crippen LogP contribution in [0.15, 0.2) is 58.8 Å². The van der Waals surface area contributed by atoms with Gasteiger partial charge in [0, 0.05) is 17.5 Å². The second-order valence-electron chi connectivity index (χ2n) is 6.01. The first kappa shape index (κ1) is 17.2. The Morgan fingerprint density at radius 1 is 0.680 bits per heavy atom. The van der Waals surface area contributed by atoms with Gasteiger partial charge < -0.3 is 9.68 Å². The third-order valence-corrected chi connectivity index (χ3v) is 4.04. The van der Waals surface area contributed by atoms with Gasteiger partial charge in [-0.25, -0.2) is 0 Å². The van der Waals surface area contributed by atoms with Crippen LogP contribution in [0.5, 0.6) is 0 Å². The molecule has 0 saturated heterocycles. The molecule has 0 spiro atoms. The Hall–Kier alpha value is -2.62. The zero-order valence-corrected chi connectivity index (χ0v) is 14.9. The van der Waals surface area contributed by atoms with Crippen LogP contribution in [0.4, 0.5) is 0 Å². The molecular weight excluding hydrogens is 312 g/mol. The predicted molar refractivity (Wildman–Crippen MR) is 102 cm³/mol. The number of nitrogens with zero attached hydrogens (tertiary/aromatic N) is 2. The van der Waals surface area contributed by atoms with Gasteiger partial charge >= 0.3 is 0 Å². The molecule has 2 aromatic carbocycles. The molecule has 0 aromatic heterocycles. The van der Waals surface area contributed by atoms with E-state index in [1.54, 1.807) is 0 Å². The SMILES string of the molecule is CCCON=C1CC(=NOCCC)c2ccccc2-c2ccccc21. The van der Waals surface area contributed by atoms with Gasteiger partial charge in [-0.15, -0.1) is 0 Å². The maximum atomic E-state index is 5.50. The van der Waals surface area contributed by atoms with Crippen LogP contribution in [-0.4, -0.2) is 24.6 Å². The lowest BCUT2D eigenvalue weighted by Crippen LogP contribution is -2.10. The molecular formula is C21H24N2O2. The minimum Gasteiger partial charge on any atom is -0.396 e. The van der Waals surface area contributed by atoms with Crippen LogP contribution in [0, 0.1) is 0 Å². The molecule has 1 aliphatic carbocycles. The Kier molecular flexibility index (Phi) is 5.83. The van der Waals surface area contributed by atoms with E-state index in [1.165, 1.54) is 0 Å². The maximum Gasteiger partial charge on any atom is 0.116 e. The number of hydrogen-bond acceptors (Lipinski definition) is 4. The molecule has 4 nitrogen and oxygen atoms in total. The van der Waals surface area contributed by atoms with Crippen molar-refractivity contribution in [3.63, 3.8) is 0 Å². The van der Waals surface area contributed by atoms with Crippen LogP contribution >= 0.6 is 0 Å². The third kappa shape index (κ3) is 3.90. The predicted octanol–water partition coefficient (Wildman–Crippen LogP) is 5.02. The van der Waals surface area contributed by atoms with E-state index >= 15 is 0 Å². The lowest BCUT2D eigenvalue weighted by atomic mass is 9.96. The first-order chi connectivity index (χ1) is 12.3. The summed E-state index contributed by atoms with van der Waals surface area (Å²) in [7, 11) is 0. The van der Waals surface area contributed by atoms with Crippen LogP contribution in [0.2, 0.25) is 0 Å². The summed E-state index contributed by atoms with van der Waals surface area (Å²) in [6.45, 7) is 5.36. The zero-order chi connectivity index (χ0) is 17.5. The van der Waals surface area contributed by atoms with Gasteiger partial charge in [0.15, 0.2) is 0 Å². The number of hydrogen-bond donors (Lipinski definition) is 0. The van der Waals surface area contributed by atoms with E-state index in [-0.39, 0.29) is 0 Å². The monoisotopic (exact) mass is 336 g/mol. The van der Waals surface area contributed by atoms with Crippen LogP contribution in [0.25, 0.3) is 11.1 Å². The summed E-state index contributed by atoms with van der Waals surface area (Å²) in [6, 6.07) is 16.6. The van der Waals surface area contributed by atoms with E-state index < -0.39 is 0 Å². The fourth-order valence-electron chi connectivity index (χ4n) is 2.88. The molecule has 0 unspecified atom stereocenters. The smallest absolute Gasteiger partial charge is 0.116 e. The zero-order valence-electron chi connectivity index (χ0n) is 14.9. The van der Waals surface area contributed by atoms with Gasteiger partial charge in [0.2, 0.25) is 0 Å². The number of benzene rings is 2. The van der Waals surface area contributed by atoms with E-state index in [0.717, 1.165) is 46.5 Å². The standard InChI is InChI=1S/C21H24N2O2/c1-3-13-24-22-20-15-21(23-25-14-4-2)19-12-8-6-10-17(19)16-9-5-7-11-18(16)20/h5-12H,3-4,13-15H2,1-2H3. The van der Waals surface area contributed by atoms with Crippen molar-refractivity contribution >= 4 is 11.4 Å². The van der Waals surface area contributed by atoms with Gasteiger partial charge in [0.25, 0.3) is 0 Å². The molecule has 0 N–H and O–H groups in total. The van der Waals surface area contributed by atoms with Crippen LogP contribution in [0.3, 0.4) is 0 Å². The summed E-state index contributed by atoms with van der Waals surface area (Å²) < 4.78 is 0. The molecule has 3 rings (SSSR count). The van der Waals surface area contributed by atoms with Crippen LogP contribution < -0.4 is 0 Å². The normalized spacial score (nSPS) is 16.2. The summed E-state index contributed by atoms with van der Waals surface area (Å²) in [6.07, 6.45) is 2.44. The minimum atomic E-state index is 0.585. The van der Waals surface area contributed by atoms with Gasteiger partial charge in [-0.1, -0.05) is 72.7 Å². The van der Waals surface area contributed by atoms with Crippen molar-refractivity contribution in [3.8, 4) is 11.1 Å². The molecule has 0 fully saturated rings. The maximum absolute atomic E-state index is 5.50. The topological polar surface area (TPSA) is 43.2 Å². The molecule has 130 valence electrons. The van der Waals surface area contributed by atoms with Gasteiger partial charge in [-0.2, -0.15) is 0 Å². The van der Waals surface area contributed by atoms with Crippen molar-refractivity contribution in [2.75, 3.05) is 13.2 Å². The van der Waals surface area contributed by atoms with Crippen LogP contribution in [-0.2, 0) is 9.68 Å². The van der Waals surface area contributed by atoms with E-state index in [2.05, 4.69) is 60.6 Å². The Labute approximate surface area is 149 Å². The summed E-state index contributed by atoms with van der Waals surface area (Å²) in [5, 5.41) is 8.83. The summed E-state index contributed by atoms with van der Waals surface area (Å²) >= 11 is 0. The molecule has 0 saturated carbocycles. The average Bonchev–Trinajstić information content (AvgIpc) is 2.78. The molecule has 0 amide bonds. The molecule has 0 bridgehead atoms. The molecule has 25 heavy (non-hydrogen) atoms. The number of fused-ring (bicyclic) bond motifs is 3. The van der Waals surface area contributed by atoms with E-state index in [4.69, 9.17) is 9.68 Å². The summed E-state index contributed by atoms with van der Waals surface area (Å²) in [4.78, 5) is 11.0. The van der Waals surface area contributed by atoms with Crippen molar-refractivity contribution < 1.29 is 9.68 Å². The minimum absolute atomic E-state index is 0.585. The Balaban J connectivity index is 2.10. The van der Waals surface area contributed by atoms with Gasteiger partial charge in [0.1, 0.15) is 13.2 Å². The third-order valence-electron chi connectivity index (χ3n) is 4.04. The lowest BCUT2D eigenvalue weighted by Gasteiger charge is -2.09. The van der Waals surface area contributed by atoms with E-state index in [9.17, 15) is 0 Å². The highest BCUT2D eigenvalue weighted by Gasteiger charge is 2.23. The molecule has 0 atom stereocenters. The van der Waals surface area contributed by atoms with E-state index in [1.807, 2.05) is 12.1 Å². The first-order valence-corrected chi connectivity index (χ1v) is 8.92. The second kappa shape index (κ2) is 8.47. The number of rotatable bonds is 6. The van der Waals surface area contributed by atoms with Crippen molar-refractivity contribution in [1.29, 1.82) is 0 Å². The molecule has 2 aromatic rings. The Morgan fingerprint density at radius 3 is 1.48 bits per heavy atom. The van der Waals surface area contributed by atoms with Gasteiger partial charge in [-0.05, 0) is 24.0 Å². The highest BCUT2D eigenvalue weighted by atomic mass is 16.6. The van der Waals surface area contributed by atoms with Crippen molar-refractivity contribution in [3.05, 3.63) is 59.7 Å². The molecule has 0 aliphatic heterocycles. The highest BCUT2D eigenvalue weighted by molar-refractivity contribution is 6.24. The Bertz CT molecular complexity index is 715. The van der Waals surface area contributed by atoms with Crippen LogP contribution in [0.1, 0.15) is 44.2 Å². The van der Waals surface area contributed by atoms with Gasteiger partial charge in [-0.3, -0.25) is 0 Å². The fraction of sp³-hybridized carbons (Fsp3) is 0.333. The van der Waals surface area contributed by atoms with Crippen molar-refractivity contribution in [2.24, 2.45) is 10.3 Å². The molecule has 0 radical (unpaired) electrons. The molecule has 1 aliphatic rings. The lowest BCUT2D eigenvalue weighted by molar-refractivity contribution is 0.143. The molecule has 4 heteroatoms. The largest absolute Gasteiger partial charge is 0.396 e. The highest BCUT2D eigenvalue weighted by Crippen LogP contribution is 2.33. The van der Waals surface area contributed by atoms with Crippen molar-refractivity contribution in [1.82, 2.24) is 0 Å². The summed E-state index contributed by atoms with van der Waals surface area (Å²) in [5.41, 5.74) is 6.26. The fourth-order valence-corrected chi connectivity index (χ4v) is 2.88. The first-order valence-electron chi connectivity index (χ1n) is 8.92. The molecule has 0 heterocycles. The Morgan fingerprint density at radius 2 is 1.08 bits per heavy atom.